The van der Waals surface area contributed by atoms with Gasteiger partial charge >= 0.3 is 0 Å². The molecular formula is C24H19N5O4. The molecule has 9 heteroatoms. The number of hydrogen-bond donors (Lipinski definition) is 3. The van der Waals surface area contributed by atoms with Gasteiger partial charge in [0.25, 0.3) is 22.2 Å². The van der Waals surface area contributed by atoms with Crippen LogP contribution >= 0.6 is 0 Å². The van der Waals surface area contributed by atoms with Crippen LogP contribution in [0.4, 0.5) is 17.1 Å². The Kier molecular flexibility index (Phi) is 4.25. The predicted octanol–water partition coefficient (Wildman–Crippen LogP) is 1.31. The molecule has 5 N–H and O–H groups in total. The lowest BCUT2D eigenvalue weighted by atomic mass is 10.0. The number of hydrogen-bond acceptors (Lipinski definition) is 7. The summed E-state index contributed by atoms with van der Waals surface area (Å²) in [6.45, 7) is 0. The number of nitrogens with one attached hydrogen (secondary N) is 1. The molecule has 0 saturated carbocycles. The Labute approximate surface area is 185 Å². The number of para-hydroxylation sites is 1. The molecule has 0 aliphatic rings. The van der Waals surface area contributed by atoms with Crippen LogP contribution in [0.5, 0.6) is 0 Å². The highest BCUT2D eigenvalue weighted by molar-refractivity contribution is 5.98. The van der Waals surface area contributed by atoms with Crippen molar-refractivity contribution in [3.8, 4) is 16.8 Å². The van der Waals surface area contributed by atoms with Crippen LogP contribution in [0.2, 0.25) is 0 Å². The van der Waals surface area contributed by atoms with Gasteiger partial charge in [-0.25, -0.2) is 4.57 Å². The highest BCUT2D eigenvalue weighted by atomic mass is 16.2. The first-order valence-electron chi connectivity index (χ1n) is 10.1. The van der Waals surface area contributed by atoms with Crippen LogP contribution in [0.1, 0.15) is 0 Å². The molecule has 0 amide bonds. The summed E-state index contributed by atoms with van der Waals surface area (Å²) >= 11 is 0. The lowest BCUT2D eigenvalue weighted by Gasteiger charge is -2.13. The third kappa shape index (κ3) is 2.72. The first-order valence-corrected chi connectivity index (χ1v) is 10.1. The Hall–Kier alpha value is -4.66. The SMILES string of the molecule is CNc1ccc(-c2cccc(-n3c(=O)c4cc5c(=O)n(C)c(=O)c5cc4c3=O)c2N)cc1N. The molecule has 9 nitrogen and oxygen atoms in total. The molecule has 5 aromatic rings. The van der Waals surface area contributed by atoms with E-state index < -0.39 is 22.2 Å². The molecule has 5 rings (SSSR count). The second-order valence-electron chi connectivity index (χ2n) is 7.85. The normalized spacial score (nSPS) is 11.5. The fourth-order valence-electron chi connectivity index (χ4n) is 4.27. The van der Waals surface area contributed by atoms with E-state index in [1.165, 1.54) is 19.2 Å². The Morgan fingerprint density at radius 2 is 1.33 bits per heavy atom. The zero-order valence-corrected chi connectivity index (χ0v) is 17.8. The van der Waals surface area contributed by atoms with Gasteiger partial charge in [0.05, 0.1) is 44.3 Å². The number of rotatable bonds is 3. The molecule has 164 valence electrons. The van der Waals surface area contributed by atoms with Gasteiger partial charge in [-0.05, 0) is 35.9 Å². The summed E-state index contributed by atoms with van der Waals surface area (Å²) < 4.78 is 1.93. The van der Waals surface area contributed by atoms with E-state index in [2.05, 4.69) is 5.32 Å². The van der Waals surface area contributed by atoms with Gasteiger partial charge in [-0.2, -0.15) is 0 Å². The molecule has 0 aliphatic carbocycles. The largest absolute Gasteiger partial charge is 0.397 e. The minimum atomic E-state index is -0.610. The molecular weight excluding hydrogens is 422 g/mol. The fraction of sp³-hybridized carbons (Fsp3) is 0.0833. The number of nitrogens with two attached hydrogens (primary N) is 2. The first kappa shape index (κ1) is 20.3. The number of aromatic nitrogens is 2. The summed E-state index contributed by atoms with van der Waals surface area (Å²) in [7, 11) is 3.12. The van der Waals surface area contributed by atoms with Crippen molar-refractivity contribution >= 4 is 38.6 Å². The van der Waals surface area contributed by atoms with Crippen LogP contribution < -0.4 is 39.0 Å². The minimum absolute atomic E-state index is 0.0580. The van der Waals surface area contributed by atoms with E-state index in [9.17, 15) is 19.2 Å². The van der Waals surface area contributed by atoms with Crippen molar-refractivity contribution < 1.29 is 0 Å². The second-order valence-corrected chi connectivity index (χ2v) is 7.85. The number of benzene rings is 3. The maximum absolute atomic E-state index is 13.2. The van der Waals surface area contributed by atoms with E-state index in [-0.39, 0.29) is 32.9 Å². The topological polar surface area (TPSA) is 142 Å². The van der Waals surface area contributed by atoms with Crippen LogP contribution in [0, 0.1) is 0 Å². The molecule has 0 bridgehead atoms. The second kappa shape index (κ2) is 6.92. The van der Waals surface area contributed by atoms with Crippen molar-refractivity contribution in [1.29, 1.82) is 0 Å². The Bertz CT molecular complexity index is 1740. The Morgan fingerprint density at radius 1 is 0.758 bits per heavy atom. The van der Waals surface area contributed by atoms with Crippen molar-refractivity contribution in [3.63, 3.8) is 0 Å². The van der Waals surface area contributed by atoms with Crippen molar-refractivity contribution in [2.45, 2.75) is 0 Å². The maximum Gasteiger partial charge on any atom is 0.266 e. The van der Waals surface area contributed by atoms with Crippen LogP contribution in [0.25, 0.3) is 38.4 Å². The number of fused-ring (bicyclic) bond motifs is 2. The van der Waals surface area contributed by atoms with Gasteiger partial charge in [0.1, 0.15) is 0 Å². The highest BCUT2D eigenvalue weighted by Crippen LogP contribution is 2.33. The van der Waals surface area contributed by atoms with Crippen LogP contribution in [-0.2, 0) is 7.05 Å². The average molecular weight is 441 g/mol. The molecule has 0 radical (unpaired) electrons. The van der Waals surface area contributed by atoms with Crippen LogP contribution in [0.3, 0.4) is 0 Å². The van der Waals surface area contributed by atoms with E-state index in [1.54, 1.807) is 31.3 Å². The fourth-order valence-corrected chi connectivity index (χ4v) is 4.27. The standard InChI is InChI=1S/C24H19N5O4/c1-27-18-7-6-11(8-17(18)25)12-4-3-5-19(20(12)26)29-23(32)15-9-13-14(10-16(15)24(29)33)22(31)28(2)21(13)30/h3-10,27H,25-26H2,1-2H3. The molecule has 0 atom stereocenters. The van der Waals surface area contributed by atoms with Crippen molar-refractivity contribution in [1.82, 2.24) is 9.13 Å². The molecule has 0 unspecified atom stereocenters. The monoisotopic (exact) mass is 441 g/mol. The van der Waals surface area contributed by atoms with Gasteiger partial charge in [0, 0.05) is 19.7 Å². The van der Waals surface area contributed by atoms with Crippen molar-refractivity contribution in [2.24, 2.45) is 7.05 Å². The zero-order chi connectivity index (χ0) is 23.6. The zero-order valence-electron chi connectivity index (χ0n) is 17.8. The third-order valence-electron chi connectivity index (χ3n) is 6.05. The minimum Gasteiger partial charge on any atom is -0.397 e. The van der Waals surface area contributed by atoms with Crippen molar-refractivity contribution in [3.05, 3.63) is 89.9 Å². The summed E-state index contributed by atoms with van der Waals surface area (Å²) in [5.74, 6) is 0. The summed E-state index contributed by atoms with van der Waals surface area (Å²) in [5.41, 5.74) is 13.3. The molecule has 2 aromatic heterocycles. The lowest BCUT2D eigenvalue weighted by Crippen LogP contribution is -2.24. The van der Waals surface area contributed by atoms with Crippen LogP contribution in [0.15, 0.2) is 67.7 Å². The Morgan fingerprint density at radius 3 is 1.88 bits per heavy atom. The Balaban J connectivity index is 1.78. The molecule has 33 heavy (non-hydrogen) atoms. The van der Waals surface area contributed by atoms with Gasteiger partial charge in [-0.1, -0.05) is 18.2 Å². The predicted molar refractivity (Wildman–Crippen MR) is 131 cm³/mol. The molecule has 0 spiro atoms. The molecule has 0 fully saturated rings. The lowest BCUT2D eigenvalue weighted by molar-refractivity contribution is 0.856. The van der Waals surface area contributed by atoms with Gasteiger partial charge in [0.15, 0.2) is 0 Å². The maximum atomic E-state index is 13.2. The molecule has 2 heterocycles. The van der Waals surface area contributed by atoms with E-state index in [0.29, 0.717) is 11.3 Å². The number of nitrogens with zero attached hydrogens (tertiary/aromatic N) is 2. The summed E-state index contributed by atoms with van der Waals surface area (Å²) in [6.07, 6.45) is 0. The van der Waals surface area contributed by atoms with Crippen molar-refractivity contribution in [2.75, 3.05) is 23.8 Å². The quantitative estimate of drug-likeness (QED) is 0.358. The first-order chi connectivity index (χ1) is 15.7. The van der Waals surface area contributed by atoms with Gasteiger partial charge < -0.3 is 16.8 Å². The van der Waals surface area contributed by atoms with Gasteiger partial charge in [0.2, 0.25) is 0 Å². The highest BCUT2D eigenvalue weighted by Gasteiger charge is 2.21. The van der Waals surface area contributed by atoms with E-state index >= 15 is 0 Å². The summed E-state index contributed by atoms with van der Waals surface area (Å²) in [5, 5.41) is 3.31. The van der Waals surface area contributed by atoms with E-state index in [4.69, 9.17) is 11.5 Å². The molecule has 3 aromatic carbocycles. The summed E-state index contributed by atoms with van der Waals surface area (Å²) in [6, 6.07) is 13.0. The average Bonchev–Trinajstić information content (AvgIpc) is 3.17. The van der Waals surface area contributed by atoms with Crippen LogP contribution in [-0.4, -0.2) is 16.2 Å². The van der Waals surface area contributed by atoms with Gasteiger partial charge in [-0.15, -0.1) is 0 Å². The van der Waals surface area contributed by atoms with E-state index in [1.807, 2.05) is 12.1 Å². The molecule has 0 aliphatic heterocycles. The number of nitrogen functional groups attached to an aromatic ring is 2. The molecule has 0 saturated heterocycles. The third-order valence-corrected chi connectivity index (χ3v) is 6.05. The number of anilines is 3. The van der Waals surface area contributed by atoms with Gasteiger partial charge in [-0.3, -0.25) is 23.7 Å². The van der Waals surface area contributed by atoms with E-state index in [0.717, 1.165) is 20.4 Å². The smallest absolute Gasteiger partial charge is 0.266 e. The summed E-state index contributed by atoms with van der Waals surface area (Å²) in [4.78, 5) is 51.1.